The second-order valence-corrected chi connectivity index (χ2v) is 6.33. The molecule has 0 radical (unpaired) electrons. The molecule has 0 aliphatic carbocycles. The molecule has 1 aromatic carbocycles. The van der Waals surface area contributed by atoms with Crippen LogP contribution in [0.4, 0.5) is 19.0 Å². The van der Waals surface area contributed by atoms with Crippen LogP contribution in [0.1, 0.15) is 36.3 Å². The lowest BCUT2D eigenvalue weighted by Crippen LogP contribution is -2.13. The van der Waals surface area contributed by atoms with E-state index < -0.39 is 23.8 Å². The van der Waals surface area contributed by atoms with Crippen molar-refractivity contribution in [3.8, 4) is 0 Å². The van der Waals surface area contributed by atoms with Crippen molar-refractivity contribution in [3.05, 3.63) is 53.2 Å². The van der Waals surface area contributed by atoms with Gasteiger partial charge in [0.25, 0.3) is 6.43 Å². The van der Waals surface area contributed by atoms with Crippen LogP contribution < -0.4 is 10.8 Å². The van der Waals surface area contributed by atoms with Gasteiger partial charge < -0.3 is 5.32 Å². The minimum atomic E-state index is -2.89. The Morgan fingerprint density at radius 2 is 1.92 bits per heavy atom. The van der Waals surface area contributed by atoms with Gasteiger partial charge in [0.15, 0.2) is 0 Å². The van der Waals surface area contributed by atoms with E-state index in [1.165, 1.54) is 18.3 Å². The molecule has 9 heteroatoms. The Bertz CT molecular complexity index is 984. The zero-order chi connectivity index (χ0) is 18.8. The van der Waals surface area contributed by atoms with Crippen molar-refractivity contribution in [2.75, 3.05) is 5.32 Å². The normalized spacial score (nSPS) is 12.7. The van der Waals surface area contributed by atoms with Crippen molar-refractivity contribution in [2.45, 2.75) is 26.3 Å². The van der Waals surface area contributed by atoms with Gasteiger partial charge in [0.05, 0.1) is 23.3 Å². The highest BCUT2D eigenvalue weighted by atomic mass is 31.1. The average Bonchev–Trinajstić information content (AvgIpc) is 2.61. The molecule has 5 nitrogen and oxygen atoms in total. The lowest BCUT2D eigenvalue weighted by atomic mass is 10.0. The van der Waals surface area contributed by atoms with Gasteiger partial charge in [-0.3, -0.25) is 4.57 Å². The van der Waals surface area contributed by atoms with Crippen LogP contribution in [0.2, 0.25) is 0 Å². The Labute approximate surface area is 148 Å². The largest absolute Gasteiger partial charge is 0.363 e. The number of nitrogens with zero attached hydrogens (tertiary/aromatic N) is 3. The fraction of sp³-hybridized carbons (Fsp3) is 0.235. The summed E-state index contributed by atoms with van der Waals surface area (Å²) in [6, 6.07) is 4.82. The fourth-order valence-corrected chi connectivity index (χ4v) is 2.94. The molecule has 2 aromatic heterocycles. The summed E-state index contributed by atoms with van der Waals surface area (Å²) in [7, 11) is -0.254. The number of pyridine rings is 1. The van der Waals surface area contributed by atoms with E-state index in [-0.39, 0.29) is 14.0 Å². The second-order valence-electron chi connectivity index (χ2n) is 5.69. The van der Waals surface area contributed by atoms with E-state index in [2.05, 4.69) is 20.3 Å². The van der Waals surface area contributed by atoms with Crippen LogP contribution in [0.15, 0.2) is 30.5 Å². The van der Waals surface area contributed by atoms with Crippen LogP contribution in [0, 0.1) is 12.7 Å². The second kappa shape index (κ2) is 7.33. The summed E-state index contributed by atoms with van der Waals surface area (Å²) in [6.45, 7) is 3.33. The highest BCUT2D eigenvalue weighted by Gasteiger charge is 2.20. The van der Waals surface area contributed by atoms with Crippen molar-refractivity contribution in [2.24, 2.45) is 0 Å². The fourth-order valence-electron chi connectivity index (χ4n) is 2.65. The SMILES string of the molecule is Cc1nc(N[C@H](C)c2cccc(C(F)F)c2F)c2cc(P=O)ncc2n1. The molecule has 0 aliphatic heterocycles. The third-order valence-electron chi connectivity index (χ3n) is 3.89. The molecule has 134 valence electrons. The topological polar surface area (TPSA) is 67.8 Å². The van der Waals surface area contributed by atoms with E-state index in [9.17, 15) is 17.7 Å². The summed E-state index contributed by atoms with van der Waals surface area (Å²) in [6.07, 6.45) is -1.42. The van der Waals surface area contributed by atoms with Crippen LogP contribution in [0.3, 0.4) is 0 Å². The molecule has 3 aromatic rings. The van der Waals surface area contributed by atoms with Crippen molar-refractivity contribution in [1.29, 1.82) is 0 Å². The van der Waals surface area contributed by atoms with Crippen molar-refractivity contribution < 1.29 is 17.7 Å². The Hall–Kier alpha value is -2.60. The summed E-state index contributed by atoms with van der Waals surface area (Å²) >= 11 is 0. The zero-order valence-electron chi connectivity index (χ0n) is 13.9. The minimum Gasteiger partial charge on any atom is -0.363 e. The minimum absolute atomic E-state index is 0.100. The van der Waals surface area contributed by atoms with Crippen LogP contribution in [0.5, 0.6) is 0 Å². The molecular formula is C17H14F3N4OP. The molecule has 1 atom stereocenters. The van der Waals surface area contributed by atoms with Crippen molar-refractivity contribution in [3.63, 3.8) is 0 Å². The zero-order valence-corrected chi connectivity index (χ0v) is 14.8. The molecule has 0 saturated carbocycles. The maximum Gasteiger partial charge on any atom is 0.266 e. The van der Waals surface area contributed by atoms with Crippen molar-refractivity contribution in [1.82, 2.24) is 15.0 Å². The number of alkyl halides is 2. The standard InChI is InChI=1S/C17H14F3N4OP/c1-8(10-4-3-5-11(15(10)18)16(19)20)22-17-12-6-14(26-25)21-7-13(12)23-9(2)24-17/h3-8,16H,1-2H3,(H,22,23,24)/t8-/m1/s1. The Morgan fingerprint density at radius 3 is 2.62 bits per heavy atom. The Balaban J connectivity index is 2.03. The molecule has 0 bridgehead atoms. The summed E-state index contributed by atoms with van der Waals surface area (Å²) in [5.74, 6) is -0.101. The Kier molecular flexibility index (Phi) is 5.13. The maximum atomic E-state index is 14.4. The van der Waals surface area contributed by atoms with E-state index >= 15 is 0 Å². The van der Waals surface area contributed by atoms with Gasteiger partial charge in [-0.25, -0.2) is 28.1 Å². The lowest BCUT2D eigenvalue weighted by Gasteiger charge is -2.18. The van der Waals surface area contributed by atoms with E-state index in [0.717, 1.165) is 6.07 Å². The molecule has 0 spiro atoms. The number of fused-ring (bicyclic) bond motifs is 1. The number of aryl methyl sites for hydroxylation is 1. The molecule has 26 heavy (non-hydrogen) atoms. The third kappa shape index (κ3) is 3.51. The molecule has 0 aliphatic rings. The number of anilines is 1. The predicted molar refractivity (Wildman–Crippen MR) is 92.7 cm³/mol. The monoisotopic (exact) mass is 378 g/mol. The van der Waals surface area contributed by atoms with Gasteiger partial charge in [0.2, 0.25) is 8.46 Å². The molecule has 0 amide bonds. The van der Waals surface area contributed by atoms with Gasteiger partial charge in [-0.05, 0) is 19.9 Å². The van der Waals surface area contributed by atoms with Gasteiger partial charge >= 0.3 is 0 Å². The number of hydrogen-bond acceptors (Lipinski definition) is 5. The van der Waals surface area contributed by atoms with Crippen molar-refractivity contribution >= 4 is 30.6 Å². The third-order valence-corrected chi connectivity index (χ3v) is 4.32. The number of nitrogens with one attached hydrogen (secondary N) is 1. The number of hydrogen-bond donors (Lipinski definition) is 1. The molecule has 2 heterocycles. The molecule has 1 N–H and O–H groups in total. The average molecular weight is 378 g/mol. The van der Waals surface area contributed by atoms with Gasteiger partial charge in [-0.1, -0.05) is 18.2 Å². The lowest BCUT2D eigenvalue weighted by molar-refractivity contribution is 0.146. The van der Waals surface area contributed by atoms with E-state index in [0.29, 0.717) is 28.0 Å². The number of rotatable bonds is 5. The quantitative estimate of drug-likeness (QED) is 0.662. The van der Waals surface area contributed by atoms with Gasteiger partial charge in [0, 0.05) is 10.9 Å². The number of benzene rings is 1. The first-order valence-electron chi connectivity index (χ1n) is 7.71. The first-order chi connectivity index (χ1) is 12.4. The summed E-state index contributed by atoms with van der Waals surface area (Å²) in [5.41, 5.74) is 0.285. The highest BCUT2D eigenvalue weighted by Crippen LogP contribution is 2.30. The Morgan fingerprint density at radius 1 is 1.19 bits per heavy atom. The first-order valence-corrected chi connectivity index (χ1v) is 8.52. The highest BCUT2D eigenvalue weighted by molar-refractivity contribution is 7.33. The molecule has 0 fully saturated rings. The summed E-state index contributed by atoms with van der Waals surface area (Å²) < 4.78 is 51.3. The molecule has 0 unspecified atom stereocenters. The van der Waals surface area contributed by atoms with E-state index in [1.54, 1.807) is 19.9 Å². The number of halogens is 3. The van der Waals surface area contributed by atoms with Gasteiger partial charge in [0.1, 0.15) is 22.9 Å². The summed E-state index contributed by atoms with van der Waals surface area (Å²) in [4.78, 5) is 12.6. The summed E-state index contributed by atoms with van der Waals surface area (Å²) in [5, 5.41) is 3.59. The van der Waals surface area contributed by atoms with E-state index in [1.807, 2.05) is 0 Å². The van der Waals surface area contributed by atoms with Gasteiger partial charge in [-0.2, -0.15) is 0 Å². The number of aromatic nitrogens is 3. The first kappa shape index (κ1) is 18.2. The van der Waals surface area contributed by atoms with E-state index in [4.69, 9.17) is 0 Å². The van der Waals surface area contributed by atoms with Crippen LogP contribution >= 0.6 is 8.46 Å². The smallest absolute Gasteiger partial charge is 0.266 e. The van der Waals surface area contributed by atoms with Crippen LogP contribution in [-0.2, 0) is 4.57 Å². The van der Waals surface area contributed by atoms with Gasteiger partial charge in [-0.15, -0.1) is 0 Å². The molecule has 3 rings (SSSR count). The maximum absolute atomic E-state index is 14.4. The molecular weight excluding hydrogens is 364 g/mol. The van der Waals surface area contributed by atoms with Crippen LogP contribution in [-0.4, -0.2) is 15.0 Å². The predicted octanol–water partition coefficient (Wildman–Crippen LogP) is 4.50. The molecule has 0 saturated heterocycles. The van der Waals surface area contributed by atoms with Crippen LogP contribution in [0.25, 0.3) is 10.9 Å².